The lowest BCUT2D eigenvalue weighted by atomic mass is 10.1. The van der Waals surface area contributed by atoms with Gasteiger partial charge in [0.05, 0.1) is 0 Å². The summed E-state index contributed by atoms with van der Waals surface area (Å²) in [6, 6.07) is 18.9. The lowest BCUT2D eigenvalue weighted by Crippen LogP contribution is -2.24. The lowest BCUT2D eigenvalue weighted by Gasteiger charge is -2.06. The van der Waals surface area contributed by atoms with Gasteiger partial charge in [-0.25, -0.2) is 0 Å². The molecule has 0 fully saturated rings. The molecular weight excluding hydrogens is 270 g/mol. The van der Waals surface area contributed by atoms with Crippen molar-refractivity contribution in [3.8, 4) is 0 Å². The van der Waals surface area contributed by atoms with Crippen LogP contribution in [0.15, 0.2) is 54.6 Å². The maximum atomic E-state index is 11.8. The number of amides is 1. The highest BCUT2D eigenvalue weighted by atomic mass is 16.1. The van der Waals surface area contributed by atoms with Crippen molar-refractivity contribution in [3.63, 3.8) is 0 Å². The summed E-state index contributed by atoms with van der Waals surface area (Å²) in [5.41, 5.74) is 3.90. The summed E-state index contributed by atoms with van der Waals surface area (Å²) >= 11 is 0. The zero-order valence-corrected chi connectivity index (χ0v) is 13.3. The van der Waals surface area contributed by atoms with Gasteiger partial charge in [0, 0.05) is 13.0 Å². The molecule has 0 saturated heterocycles. The summed E-state index contributed by atoms with van der Waals surface area (Å²) in [7, 11) is 0. The number of rotatable bonds is 8. The van der Waals surface area contributed by atoms with E-state index in [9.17, 15) is 4.79 Å². The molecule has 0 saturated carbocycles. The largest absolute Gasteiger partial charge is 0.356 e. The molecule has 2 nitrogen and oxygen atoms in total. The maximum absolute atomic E-state index is 11.8. The van der Waals surface area contributed by atoms with E-state index in [1.54, 1.807) is 0 Å². The van der Waals surface area contributed by atoms with Crippen molar-refractivity contribution in [3.05, 3.63) is 71.3 Å². The smallest absolute Gasteiger partial charge is 0.220 e. The first-order chi connectivity index (χ1) is 10.8. The predicted octanol–water partition coefficient (Wildman–Crippen LogP) is 3.93. The summed E-state index contributed by atoms with van der Waals surface area (Å²) in [5, 5.41) is 3.01. The molecular formula is C20H25NO. The Labute approximate surface area is 133 Å². The van der Waals surface area contributed by atoms with Crippen LogP contribution in [0.5, 0.6) is 0 Å². The fourth-order valence-electron chi connectivity index (χ4n) is 2.45. The molecule has 0 aromatic heterocycles. The van der Waals surface area contributed by atoms with E-state index in [1.807, 2.05) is 6.07 Å². The molecule has 0 aliphatic rings. The van der Waals surface area contributed by atoms with Crippen LogP contribution in [0.4, 0.5) is 0 Å². The Morgan fingerprint density at radius 1 is 0.864 bits per heavy atom. The van der Waals surface area contributed by atoms with Crippen LogP contribution in [0.3, 0.4) is 0 Å². The molecule has 0 aliphatic carbocycles. The average Bonchev–Trinajstić information content (AvgIpc) is 2.58. The highest BCUT2D eigenvalue weighted by molar-refractivity contribution is 5.76. The number of hydrogen-bond acceptors (Lipinski definition) is 1. The van der Waals surface area contributed by atoms with Gasteiger partial charge in [0.2, 0.25) is 5.91 Å². The molecule has 0 aliphatic heterocycles. The molecule has 1 N–H and O–H groups in total. The van der Waals surface area contributed by atoms with Gasteiger partial charge in [-0.15, -0.1) is 0 Å². The third kappa shape index (κ3) is 5.72. The van der Waals surface area contributed by atoms with Crippen molar-refractivity contribution in [2.75, 3.05) is 6.54 Å². The van der Waals surface area contributed by atoms with Crippen LogP contribution in [0.1, 0.15) is 36.5 Å². The van der Waals surface area contributed by atoms with Crippen molar-refractivity contribution in [2.24, 2.45) is 0 Å². The maximum Gasteiger partial charge on any atom is 0.220 e. The third-order valence-electron chi connectivity index (χ3n) is 3.88. The number of hydrogen-bond donors (Lipinski definition) is 1. The lowest BCUT2D eigenvalue weighted by molar-refractivity contribution is -0.121. The number of carbonyl (C=O) groups excluding carboxylic acids is 1. The van der Waals surface area contributed by atoms with E-state index < -0.39 is 0 Å². The monoisotopic (exact) mass is 295 g/mol. The minimum atomic E-state index is 0.146. The summed E-state index contributed by atoms with van der Waals surface area (Å²) in [4.78, 5) is 11.8. The predicted molar refractivity (Wildman–Crippen MR) is 91.9 cm³/mol. The molecule has 0 radical (unpaired) electrons. The second kappa shape index (κ2) is 9.04. The Bertz CT molecular complexity index is 560. The van der Waals surface area contributed by atoms with E-state index in [4.69, 9.17) is 0 Å². The number of aryl methyl sites for hydroxylation is 3. The van der Waals surface area contributed by atoms with Gasteiger partial charge in [0.1, 0.15) is 0 Å². The molecule has 22 heavy (non-hydrogen) atoms. The summed E-state index contributed by atoms with van der Waals surface area (Å²) in [6.45, 7) is 2.90. The summed E-state index contributed by atoms with van der Waals surface area (Å²) < 4.78 is 0. The van der Waals surface area contributed by atoms with Crippen molar-refractivity contribution in [1.82, 2.24) is 5.32 Å². The molecule has 0 atom stereocenters. The minimum Gasteiger partial charge on any atom is -0.356 e. The van der Waals surface area contributed by atoms with Gasteiger partial charge in [0.25, 0.3) is 0 Å². The van der Waals surface area contributed by atoms with Gasteiger partial charge in [-0.1, -0.05) is 61.5 Å². The SMILES string of the molecule is CCc1ccc(CCC(=O)NCCCc2ccccc2)cc1. The fourth-order valence-corrected chi connectivity index (χ4v) is 2.45. The van der Waals surface area contributed by atoms with Gasteiger partial charge in [0.15, 0.2) is 0 Å². The zero-order valence-electron chi connectivity index (χ0n) is 13.3. The quantitative estimate of drug-likeness (QED) is 0.735. The summed E-state index contributed by atoms with van der Waals surface area (Å²) in [6.07, 6.45) is 4.44. The van der Waals surface area contributed by atoms with Crippen molar-refractivity contribution in [2.45, 2.75) is 39.0 Å². The Morgan fingerprint density at radius 2 is 1.50 bits per heavy atom. The molecule has 1 amide bonds. The first-order valence-electron chi connectivity index (χ1n) is 8.16. The number of benzene rings is 2. The Balaban J connectivity index is 1.61. The van der Waals surface area contributed by atoms with Crippen LogP contribution in [0.2, 0.25) is 0 Å². The van der Waals surface area contributed by atoms with Gasteiger partial charge in [-0.05, 0) is 42.4 Å². The van der Waals surface area contributed by atoms with E-state index in [0.717, 1.165) is 32.2 Å². The van der Waals surface area contributed by atoms with Crippen molar-refractivity contribution in [1.29, 1.82) is 0 Å². The molecule has 116 valence electrons. The van der Waals surface area contributed by atoms with E-state index in [2.05, 4.69) is 60.8 Å². The van der Waals surface area contributed by atoms with Gasteiger partial charge in [-0.2, -0.15) is 0 Å². The first kappa shape index (κ1) is 16.3. The normalized spacial score (nSPS) is 10.4. The highest BCUT2D eigenvalue weighted by Gasteiger charge is 2.02. The standard InChI is InChI=1S/C20H25NO/c1-2-17-10-12-19(13-11-17)14-15-20(22)21-16-6-9-18-7-4-3-5-8-18/h3-5,7-8,10-13H,2,6,9,14-16H2,1H3,(H,21,22). The highest BCUT2D eigenvalue weighted by Crippen LogP contribution is 2.07. The molecule has 0 heterocycles. The average molecular weight is 295 g/mol. The molecule has 0 spiro atoms. The van der Waals surface area contributed by atoms with Gasteiger partial charge >= 0.3 is 0 Å². The van der Waals surface area contributed by atoms with E-state index in [-0.39, 0.29) is 5.91 Å². The number of carbonyl (C=O) groups is 1. The molecule has 2 rings (SSSR count). The summed E-state index contributed by atoms with van der Waals surface area (Å²) in [5.74, 6) is 0.146. The Kier molecular flexibility index (Phi) is 6.69. The third-order valence-corrected chi connectivity index (χ3v) is 3.88. The Hall–Kier alpha value is -2.09. The van der Waals surface area contributed by atoms with Crippen LogP contribution in [0.25, 0.3) is 0 Å². The second-order valence-corrected chi connectivity index (χ2v) is 5.61. The fraction of sp³-hybridized carbons (Fsp3) is 0.350. The van der Waals surface area contributed by atoms with Crippen LogP contribution in [0, 0.1) is 0 Å². The molecule has 2 heteroatoms. The van der Waals surface area contributed by atoms with Crippen LogP contribution in [-0.2, 0) is 24.1 Å². The van der Waals surface area contributed by atoms with Crippen LogP contribution < -0.4 is 5.32 Å². The second-order valence-electron chi connectivity index (χ2n) is 5.61. The molecule has 2 aromatic rings. The van der Waals surface area contributed by atoms with E-state index in [1.165, 1.54) is 16.7 Å². The van der Waals surface area contributed by atoms with Crippen molar-refractivity contribution < 1.29 is 4.79 Å². The number of nitrogens with one attached hydrogen (secondary N) is 1. The topological polar surface area (TPSA) is 29.1 Å². The van der Waals surface area contributed by atoms with Crippen LogP contribution in [-0.4, -0.2) is 12.5 Å². The molecule has 0 unspecified atom stereocenters. The minimum absolute atomic E-state index is 0.146. The van der Waals surface area contributed by atoms with E-state index in [0.29, 0.717) is 6.42 Å². The van der Waals surface area contributed by atoms with E-state index >= 15 is 0 Å². The first-order valence-corrected chi connectivity index (χ1v) is 8.16. The molecule has 0 bridgehead atoms. The van der Waals surface area contributed by atoms with Gasteiger partial charge in [-0.3, -0.25) is 4.79 Å². The Morgan fingerprint density at radius 3 is 2.18 bits per heavy atom. The zero-order chi connectivity index (χ0) is 15.6. The molecule has 2 aromatic carbocycles. The van der Waals surface area contributed by atoms with Gasteiger partial charge < -0.3 is 5.32 Å². The van der Waals surface area contributed by atoms with Crippen LogP contribution >= 0.6 is 0 Å². The van der Waals surface area contributed by atoms with Crippen molar-refractivity contribution >= 4 is 5.91 Å².